The van der Waals surface area contributed by atoms with Crippen LogP contribution in [-0.4, -0.2) is 98.7 Å². The first kappa shape index (κ1) is 55.5. The van der Waals surface area contributed by atoms with Gasteiger partial charge in [-0.1, -0.05) is 182 Å². The van der Waals surface area contributed by atoms with E-state index < -0.39 is 11.9 Å². The maximum absolute atomic E-state index is 10.6. The van der Waals surface area contributed by atoms with Gasteiger partial charge >= 0.3 is 37.7 Å². The van der Waals surface area contributed by atoms with Crippen LogP contribution in [-0.2, 0) is 9.59 Å². The summed E-state index contributed by atoms with van der Waals surface area (Å²) in [6.45, 7) is 15.4. The van der Waals surface area contributed by atoms with Crippen LogP contribution in [0, 0.1) is 0 Å². The van der Waals surface area contributed by atoms with Crippen LogP contribution < -0.4 is 10.2 Å². The Balaban J connectivity index is -0.000000886. The molecule has 0 aliphatic heterocycles. The zero-order valence-corrected chi connectivity index (χ0v) is 37.3. The second-order valence-corrected chi connectivity index (χ2v) is 15.1. The third-order valence-electron chi connectivity index (χ3n) is 10.0. The number of aliphatic carboxylic acids is 2. The minimum absolute atomic E-state index is 0. The minimum Gasteiger partial charge on any atom is -0.550 e. The van der Waals surface area contributed by atoms with E-state index in [0.29, 0.717) is 0 Å². The van der Waals surface area contributed by atoms with Crippen molar-refractivity contribution >= 4 is 49.7 Å². The van der Waals surface area contributed by atoms with E-state index in [1.165, 1.54) is 180 Å². The van der Waals surface area contributed by atoms with Gasteiger partial charge < -0.3 is 29.6 Å². The quantitative estimate of drug-likeness (QED) is 0.0458. The molecule has 51 heavy (non-hydrogen) atoms. The summed E-state index contributed by atoms with van der Waals surface area (Å²) in [5, 5.41) is 21.2. The van der Waals surface area contributed by atoms with Crippen LogP contribution in [0.3, 0.4) is 0 Å². The van der Waals surface area contributed by atoms with Crippen molar-refractivity contribution in [3.8, 4) is 0 Å². The van der Waals surface area contributed by atoms with Crippen LogP contribution in [0.25, 0.3) is 0 Å². The Kier molecular flexibility index (Phi) is 52.3. The van der Waals surface area contributed by atoms with Crippen LogP contribution in [0.4, 0.5) is 0 Å². The number of carbonyl (C=O) groups is 2. The fourth-order valence-electron chi connectivity index (χ4n) is 6.73. The molecule has 300 valence electrons. The molecule has 0 heterocycles. The van der Waals surface area contributed by atoms with Crippen LogP contribution in [0.5, 0.6) is 0 Å². The summed E-state index contributed by atoms with van der Waals surface area (Å²) in [4.78, 5) is 26.2. The minimum atomic E-state index is -0.910. The normalized spacial score (nSPS) is 11.1. The largest absolute Gasteiger partial charge is 2.00 e. The van der Waals surface area contributed by atoms with Crippen molar-refractivity contribution in [1.82, 2.24) is 9.80 Å². The van der Waals surface area contributed by atoms with Crippen molar-refractivity contribution < 1.29 is 19.8 Å². The molecule has 7 heteroatoms. The number of carbonyl (C=O) groups excluding carboxylic acids is 2. The summed E-state index contributed by atoms with van der Waals surface area (Å²) < 4.78 is 0. The fraction of sp³-hybridized carbons (Fsp3) is 0.955. The summed E-state index contributed by atoms with van der Waals surface area (Å²) in [6, 6.07) is 0. The van der Waals surface area contributed by atoms with Gasteiger partial charge in [-0.25, -0.2) is 0 Å². The maximum atomic E-state index is 10.6. The van der Waals surface area contributed by atoms with Gasteiger partial charge in [-0.15, -0.1) is 0 Å². The van der Waals surface area contributed by atoms with Gasteiger partial charge in [0.15, 0.2) is 0 Å². The van der Waals surface area contributed by atoms with Gasteiger partial charge in [0.25, 0.3) is 0 Å². The van der Waals surface area contributed by atoms with Crippen molar-refractivity contribution in [3.63, 3.8) is 0 Å². The molecule has 0 aliphatic carbocycles. The second kappa shape index (κ2) is 48.1. The SMILES string of the molecule is CCCCCCCCCN(CCCCCCCCC)CCCC(=O)[O-].CCCCCCCCCN(CCCCCCCCC)CCCC(=O)[O-].[Ca+2]. The van der Waals surface area contributed by atoms with Crippen molar-refractivity contribution in [2.75, 3.05) is 39.3 Å². The number of carboxylic acids is 2. The van der Waals surface area contributed by atoms with Gasteiger partial charge in [0, 0.05) is 11.9 Å². The molecule has 0 fully saturated rings. The first-order valence-corrected chi connectivity index (χ1v) is 22.2. The summed E-state index contributed by atoms with van der Waals surface area (Å²) >= 11 is 0. The Morgan fingerprint density at radius 2 is 0.490 bits per heavy atom. The first-order valence-electron chi connectivity index (χ1n) is 22.2. The Morgan fingerprint density at radius 1 is 0.314 bits per heavy atom. The second-order valence-electron chi connectivity index (χ2n) is 15.1. The number of hydrogen-bond acceptors (Lipinski definition) is 6. The van der Waals surface area contributed by atoms with Gasteiger partial charge in [0.2, 0.25) is 0 Å². The molecule has 0 radical (unpaired) electrons. The number of hydrogen-bond donors (Lipinski definition) is 0. The summed E-state index contributed by atoms with van der Waals surface area (Å²) in [7, 11) is 0. The summed E-state index contributed by atoms with van der Waals surface area (Å²) in [5.74, 6) is -1.82. The molecule has 0 saturated heterocycles. The van der Waals surface area contributed by atoms with E-state index in [0.717, 1.165) is 52.1 Å². The molecule has 0 aliphatic rings. The van der Waals surface area contributed by atoms with E-state index in [1.807, 2.05) is 0 Å². The van der Waals surface area contributed by atoms with E-state index in [-0.39, 0.29) is 50.6 Å². The number of nitrogens with zero attached hydrogens (tertiary/aromatic N) is 2. The Morgan fingerprint density at radius 3 is 0.686 bits per heavy atom. The zero-order valence-electron chi connectivity index (χ0n) is 35.1. The standard InChI is InChI=1S/2C22H45NO2.Ca/c2*1-3-5-7-9-11-13-15-19-23(21-17-18-22(24)25)20-16-14-12-10-8-6-4-2;/h2*3-21H2,1-2H3,(H,24,25);/q;;+2/p-2. The molecule has 0 N–H and O–H groups in total. The van der Waals surface area contributed by atoms with Gasteiger partial charge in [0.1, 0.15) is 0 Å². The number of carboxylic acid groups (broad SMARTS) is 2. The molecule has 0 unspecified atom stereocenters. The molecule has 0 rings (SSSR count). The zero-order chi connectivity index (χ0) is 37.2. The molecule has 0 aromatic heterocycles. The summed E-state index contributed by atoms with van der Waals surface area (Å²) in [6.07, 6.45) is 39.3. The van der Waals surface area contributed by atoms with Gasteiger partial charge in [0.05, 0.1) is 0 Å². The van der Waals surface area contributed by atoms with Crippen LogP contribution in [0.2, 0.25) is 0 Å². The van der Waals surface area contributed by atoms with Gasteiger partial charge in [-0.3, -0.25) is 0 Å². The van der Waals surface area contributed by atoms with E-state index in [2.05, 4.69) is 37.5 Å². The number of unbranched alkanes of at least 4 members (excludes halogenated alkanes) is 24. The molecule has 6 nitrogen and oxygen atoms in total. The third-order valence-corrected chi connectivity index (χ3v) is 10.0. The molecule has 0 aromatic carbocycles. The summed E-state index contributed by atoms with van der Waals surface area (Å²) in [5.41, 5.74) is 0. The molecule has 0 spiro atoms. The monoisotopic (exact) mass is 749 g/mol. The fourth-order valence-corrected chi connectivity index (χ4v) is 6.73. The molecule has 0 amide bonds. The Labute approximate surface area is 349 Å². The molecular weight excluding hydrogens is 661 g/mol. The predicted molar refractivity (Wildman–Crippen MR) is 219 cm³/mol. The van der Waals surface area contributed by atoms with E-state index in [1.54, 1.807) is 0 Å². The van der Waals surface area contributed by atoms with Crippen molar-refractivity contribution in [1.29, 1.82) is 0 Å². The van der Waals surface area contributed by atoms with Gasteiger partial charge in [-0.05, 0) is 90.6 Å². The van der Waals surface area contributed by atoms with Crippen molar-refractivity contribution in [2.24, 2.45) is 0 Å². The topological polar surface area (TPSA) is 86.7 Å². The number of rotatable bonds is 40. The van der Waals surface area contributed by atoms with Crippen LogP contribution >= 0.6 is 0 Å². The average Bonchev–Trinajstić information content (AvgIpc) is 3.09. The van der Waals surface area contributed by atoms with Crippen molar-refractivity contribution in [2.45, 2.75) is 233 Å². The molecular formula is C44H88CaN2O4. The van der Waals surface area contributed by atoms with Crippen LogP contribution in [0.15, 0.2) is 0 Å². The van der Waals surface area contributed by atoms with E-state index in [4.69, 9.17) is 0 Å². The smallest absolute Gasteiger partial charge is 0.550 e. The molecule has 0 bridgehead atoms. The van der Waals surface area contributed by atoms with Gasteiger partial charge in [-0.2, -0.15) is 0 Å². The maximum Gasteiger partial charge on any atom is 2.00 e. The van der Waals surface area contributed by atoms with Crippen molar-refractivity contribution in [3.05, 3.63) is 0 Å². The Hall–Kier alpha value is 0.120. The molecule has 0 atom stereocenters. The molecule has 0 aromatic rings. The Bertz CT molecular complexity index is 590. The first-order chi connectivity index (χ1) is 24.4. The van der Waals surface area contributed by atoms with Crippen LogP contribution in [0.1, 0.15) is 233 Å². The van der Waals surface area contributed by atoms with E-state index in [9.17, 15) is 19.8 Å². The molecule has 0 saturated carbocycles. The average molecular weight is 749 g/mol. The predicted octanol–water partition coefficient (Wildman–Crippen LogP) is 10.3. The van der Waals surface area contributed by atoms with E-state index >= 15 is 0 Å². The third kappa shape index (κ3) is 50.1.